The molecule has 0 fully saturated rings. The Morgan fingerprint density at radius 2 is 1.84 bits per heavy atom. The van der Waals surface area contributed by atoms with Gasteiger partial charge in [-0.1, -0.05) is 54.2 Å². The lowest BCUT2D eigenvalue weighted by molar-refractivity contribution is -0.115. The number of pyridine rings is 1. The summed E-state index contributed by atoms with van der Waals surface area (Å²) >= 11 is 1.27. The second kappa shape index (κ2) is 9.53. The molecular formula is C23H20FN5OS. The molecule has 0 spiro atoms. The zero-order valence-electron chi connectivity index (χ0n) is 16.8. The van der Waals surface area contributed by atoms with E-state index in [1.165, 1.54) is 23.9 Å². The summed E-state index contributed by atoms with van der Waals surface area (Å²) in [5, 5.41) is 11.4. The van der Waals surface area contributed by atoms with E-state index in [1.54, 1.807) is 31.5 Å². The molecule has 1 unspecified atom stereocenters. The maximum atomic E-state index is 13.9. The fourth-order valence-corrected chi connectivity index (χ4v) is 3.85. The minimum atomic E-state index is -0.514. The van der Waals surface area contributed by atoms with Gasteiger partial charge in [-0.25, -0.2) is 4.39 Å². The van der Waals surface area contributed by atoms with Gasteiger partial charge in [0, 0.05) is 18.0 Å². The third kappa shape index (κ3) is 4.97. The van der Waals surface area contributed by atoms with Gasteiger partial charge in [-0.2, -0.15) is 0 Å². The van der Waals surface area contributed by atoms with Crippen molar-refractivity contribution < 1.29 is 9.18 Å². The van der Waals surface area contributed by atoms with E-state index in [0.29, 0.717) is 17.5 Å². The molecular weight excluding hydrogens is 413 g/mol. The number of nitrogens with one attached hydrogen (secondary N) is 1. The highest BCUT2D eigenvalue weighted by Gasteiger charge is 2.22. The molecule has 0 aliphatic heterocycles. The molecule has 2 aromatic carbocycles. The van der Waals surface area contributed by atoms with E-state index in [2.05, 4.69) is 20.5 Å². The van der Waals surface area contributed by atoms with E-state index in [1.807, 2.05) is 47.0 Å². The van der Waals surface area contributed by atoms with E-state index in [9.17, 15) is 9.18 Å². The Labute approximate surface area is 183 Å². The molecule has 4 rings (SSSR count). The summed E-state index contributed by atoms with van der Waals surface area (Å²) < 4.78 is 15.8. The summed E-state index contributed by atoms with van der Waals surface area (Å²) in [5.74, 6) is -0.118. The van der Waals surface area contributed by atoms with Gasteiger partial charge < -0.3 is 5.32 Å². The molecule has 4 aromatic rings. The van der Waals surface area contributed by atoms with Crippen molar-refractivity contribution in [2.75, 3.05) is 5.32 Å². The summed E-state index contributed by atoms with van der Waals surface area (Å²) in [6.07, 6.45) is 3.43. The highest BCUT2D eigenvalue weighted by Crippen LogP contribution is 2.28. The average Bonchev–Trinajstić information content (AvgIpc) is 3.18. The maximum absolute atomic E-state index is 13.9. The summed E-state index contributed by atoms with van der Waals surface area (Å²) in [5.41, 5.74) is 2.07. The van der Waals surface area contributed by atoms with Crippen LogP contribution in [-0.2, 0) is 11.3 Å². The summed E-state index contributed by atoms with van der Waals surface area (Å²) in [6.45, 7) is 2.30. The molecule has 1 amide bonds. The van der Waals surface area contributed by atoms with E-state index in [-0.39, 0.29) is 11.6 Å². The standard InChI is InChI=1S/C23H20FN5OS/c1-16(22(30)26-20-12-6-5-11-19(20)24)31-23-28-27-21(18-10-7-13-25-14-18)29(23)15-17-8-3-2-4-9-17/h2-14,16H,15H2,1H3,(H,26,30). The Kier molecular flexibility index (Phi) is 6.37. The second-order valence-corrected chi connectivity index (χ2v) is 8.16. The molecule has 1 atom stereocenters. The lowest BCUT2D eigenvalue weighted by Crippen LogP contribution is -2.23. The van der Waals surface area contributed by atoms with Crippen molar-refractivity contribution in [3.63, 3.8) is 0 Å². The molecule has 0 bridgehead atoms. The van der Waals surface area contributed by atoms with Crippen molar-refractivity contribution in [2.45, 2.75) is 23.9 Å². The van der Waals surface area contributed by atoms with Crippen LogP contribution in [-0.4, -0.2) is 30.9 Å². The molecule has 0 aliphatic rings. The van der Waals surface area contributed by atoms with Crippen LogP contribution in [0.5, 0.6) is 0 Å². The number of hydrogen-bond donors (Lipinski definition) is 1. The lowest BCUT2D eigenvalue weighted by atomic mass is 10.2. The number of benzene rings is 2. The quantitative estimate of drug-likeness (QED) is 0.430. The fraction of sp³-hybridized carbons (Fsp3) is 0.130. The predicted molar refractivity (Wildman–Crippen MR) is 119 cm³/mol. The number of rotatable bonds is 7. The highest BCUT2D eigenvalue weighted by atomic mass is 32.2. The van der Waals surface area contributed by atoms with Crippen LogP contribution >= 0.6 is 11.8 Å². The molecule has 31 heavy (non-hydrogen) atoms. The second-order valence-electron chi connectivity index (χ2n) is 6.85. The fourth-order valence-electron chi connectivity index (χ4n) is 3.00. The first-order valence-electron chi connectivity index (χ1n) is 9.71. The molecule has 156 valence electrons. The lowest BCUT2D eigenvalue weighted by Gasteiger charge is -2.14. The molecule has 8 heteroatoms. The van der Waals surface area contributed by atoms with Crippen LogP contribution in [0, 0.1) is 5.82 Å². The Bertz CT molecular complexity index is 1170. The summed E-state index contributed by atoms with van der Waals surface area (Å²) in [7, 11) is 0. The predicted octanol–water partition coefficient (Wildman–Crippen LogP) is 4.65. The number of carbonyl (C=O) groups excluding carboxylic acids is 1. The summed E-state index contributed by atoms with van der Waals surface area (Å²) in [4.78, 5) is 16.8. The van der Waals surface area contributed by atoms with Crippen molar-refractivity contribution in [3.8, 4) is 11.4 Å². The number of hydrogen-bond acceptors (Lipinski definition) is 5. The number of aromatic nitrogens is 4. The van der Waals surface area contributed by atoms with Gasteiger partial charge >= 0.3 is 0 Å². The molecule has 2 heterocycles. The smallest absolute Gasteiger partial charge is 0.237 e. The van der Waals surface area contributed by atoms with Crippen molar-refractivity contribution >= 4 is 23.4 Å². The molecule has 0 saturated heterocycles. The SMILES string of the molecule is CC(Sc1nnc(-c2cccnc2)n1Cc1ccccc1)C(=O)Nc1ccccc1F. The van der Waals surface area contributed by atoms with Gasteiger partial charge in [0.1, 0.15) is 5.82 Å². The molecule has 0 aliphatic carbocycles. The number of halogens is 1. The number of carbonyl (C=O) groups is 1. The van der Waals surface area contributed by atoms with E-state index in [4.69, 9.17) is 0 Å². The van der Waals surface area contributed by atoms with Gasteiger partial charge in [0.2, 0.25) is 5.91 Å². The molecule has 0 saturated carbocycles. The van der Waals surface area contributed by atoms with Gasteiger partial charge in [0.15, 0.2) is 11.0 Å². The van der Waals surface area contributed by atoms with Crippen LogP contribution in [0.2, 0.25) is 0 Å². The van der Waals surface area contributed by atoms with Gasteiger partial charge in [-0.3, -0.25) is 14.3 Å². The number of nitrogens with zero attached hydrogens (tertiary/aromatic N) is 4. The Morgan fingerprint density at radius 3 is 2.58 bits per heavy atom. The van der Waals surface area contributed by atoms with Crippen molar-refractivity contribution in [1.29, 1.82) is 0 Å². The van der Waals surface area contributed by atoms with Crippen LogP contribution < -0.4 is 5.32 Å². The molecule has 1 N–H and O–H groups in total. The first kappa shape index (κ1) is 20.7. The number of amides is 1. The summed E-state index contributed by atoms with van der Waals surface area (Å²) in [6, 6.07) is 19.8. The number of thioether (sulfide) groups is 1. The largest absolute Gasteiger partial charge is 0.323 e. The highest BCUT2D eigenvalue weighted by molar-refractivity contribution is 8.00. The maximum Gasteiger partial charge on any atom is 0.237 e. The average molecular weight is 434 g/mol. The first-order valence-corrected chi connectivity index (χ1v) is 10.6. The molecule has 2 aromatic heterocycles. The Hall–Kier alpha value is -3.52. The normalized spacial score (nSPS) is 11.8. The van der Waals surface area contributed by atoms with Gasteiger partial charge in [0.25, 0.3) is 0 Å². The molecule has 6 nitrogen and oxygen atoms in total. The van der Waals surface area contributed by atoms with E-state index < -0.39 is 11.1 Å². The third-order valence-electron chi connectivity index (χ3n) is 4.60. The molecule has 0 radical (unpaired) electrons. The van der Waals surface area contributed by atoms with Crippen molar-refractivity contribution in [2.24, 2.45) is 0 Å². The van der Waals surface area contributed by atoms with Crippen LogP contribution in [0.25, 0.3) is 11.4 Å². The Balaban J connectivity index is 1.59. The zero-order chi connectivity index (χ0) is 21.6. The van der Waals surface area contributed by atoms with Crippen LogP contribution in [0.15, 0.2) is 84.3 Å². The Morgan fingerprint density at radius 1 is 1.06 bits per heavy atom. The van der Waals surface area contributed by atoms with Gasteiger partial charge in [-0.15, -0.1) is 10.2 Å². The van der Waals surface area contributed by atoms with Crippen molar-refractivity contribution in [3.05, 3.63) is 90.5 Å². The van der Waals surface area contributed by atoms with Gasteiger partial charge in [-0.05, 0) is 36.8 Å². The third-order valence-corrected chi connectivity index (χ3v) is 5.68. The van der Waals surface area contributed by atoms with Crippen LogP contribution in [0.3, 0.4) is 0 Å². The number of anilines is 1. The van der Waals surface area contributed by atoms with Gasteiger partial charge in [0.05, 0.1) is 17.5 Å². The number of para-hydroxylation sites is 1. The minimum absolute atomic E-state index is 0.154. The van der Waals surface area contributed by atoms with Crippen molar-refractivity contribution in [1.82, 2.24) is 19.7 Å². The first-order chi connectivity index (χ1) is 15.1. The minimum Gasteiger partial charge on any atom is -0.323 e. The van der Waals surface area contributed by atoms with Crippen LogP contribution in [0.4, 0.5) is 10.1 Å². The van der Waals surface area contributed by atoms with E-state index >= 15 is 0 Å². The monoisotopic (exact) mass is 433 g/mol. The topological polar surface area (TPSA) is 72.7 Å². The van der Waals surface area contributed by atoms with Crippen LogP contribution in [0.1, 0.15) is 12.5 Å². The van der Waals surface area contributed by atoms with E-state index in [0.717, 1.165) is 11.1 Å². The zero-order valence-corrected chi connectivity index (χ0v) is 17.6.